The summed E-state index contributed by atoms with van der Waals surface area (Å²) in [6.45, 7) is 6.92. The van der Waals surface area contributed by atoms with Gasteiger partial charge in [-0.05, 0) is 0 Å². The van der Waals surface area contributed by atoms with Crippen LogP contribution < -0.4 is 0 Å². The first-order chi connectivity index (χ1) is 6.68. The van der Waals surface area contributed by atoms with Crippen LogP contribution >= 0.6 is 21.5 Å². The molecule has 0 saturated heterocycles. The van der Waals surface area contributed by atoms with Crippen molar-refractivity contribution < 1.29 is 20.4 Å². The van der Waals surface area contributed by atoms with Crippen LogP contribution in [-0.4, -0.2) is 18.5 Å². The van der Waals surface area contributed by atoms with Gasteiger partial charge in [0.05, 0.1) is 0 Å². The van der Waals surface area contributed by atoms with Crippen molar-refractivity contribution in [2.75, 3.05) is 18.5 Å². The van der Waals surface area contributed by atoms with Gasteiger partial charge in [0.25, 0.3) is 0 Å². The van der Waals surface area contributed by atoms with Crippen molar-refractivity contribution in [3.8, 4) is 0 Å². The third-order valence-corrected chi connectivity index (χ3v) is 10.3. The minimum absolute atomic E-state index is 0. The second-order valence-electron chi connectivity index (χ2n) is 4.46. The molecule has 0 saturated carbocycles. The molecule has 0 unspecified atom stereocenters. The number of hydrogen-bond donors (Lipinski definition) is 0. The van der Waals surface area contributed by atoms with Gasteiger partial charge in [0, 0.05) is 20.4 Å². The van der Waals surface area contributed by atoms with Crippen LogP contribution in [0.5, 0.6) is 0 Å². The maximum atomic E-state index is 4.13. The van der Waals surface area contributed by atoms with Crippen LogP contribution in [-0.2, 0) is 20.4 Å². The molecule has 0 spiro atoms. The van der Waals surface area contributed by atoms with E-state index in [4.69, 9.17) is 0 Å². The van der Waals surface area contributed by atoms with E-state index < -0.39 is 5.96 Å². The first-order valence-corrected chi connectivity index (χ1v) is 11.2. The van der Waals surface area contributed by atoms with Gasteiger partial charge < -0.3 is 0 Å². The Balaban J connectivity index is 0. The molecule has 0 N–H and O–H groups in total. The summed E-state index contributed by atoms with van der Waals surface area (Å²) in [4.78, 5) is 0. The molecule has 98 valence electrons. The van der Waals surface area contributed by atoms with E-state index >= 15 is 0 Å². The molecule has 0 atom stereocenters. The Kier molecular flexibility index (Phi) is 15.2. The number of halogens is 1. The number of rotatable bonds is 9. The Morgan fingerprint density at radius 1 is 0.733 bits per heavy atom. The summed E-state index contributed by atoms with van der Waals surface area (Å²) in [7, 11) is 0. The zero-order valence-electron chi connectivity index (χ0n) is 10.6. The van der Waals surface area contributed by atoms with Crippen LogP contribution in [0.1, 0.15) is 59.3 Å². The Morgan fingerprint density at radius 3 is 1.20 bits per heavy atom. The van der Waals surface area contributed by atoms with Gasteiger partial charge in [0.15, 0.2) is 0 Å². The van der Waals surface area contributed by atoms with E-state index in [1.54, 1.807) is 0 Å². The zero-order valence-corrected chi connectivity index (χ0v) is 14.7. The molecule has 0 aliphatic rings. The quantitative estimate of drug-likeness (QED) is 0.364. The molecule has 0 amide bonds. The minimum Gasteiger partial charge on any atom is 0 e. The molecule has 0 aromatic heterocycles. The average Bonchev–Trinajstić information content (AvgIpc) is 2.21. The van der Waals surface area contributed by atoms with Gasteiger partial charge in [0.1, 0.15) is 0 Å². The van der Waals surface area contributed by atoms with E-state index in [0.717, 1.165) is 0 Å². The van der Waals surface area contributed by atoms with E-state index in [0.29, 0.717) is 0 Å². The molecule has 0 fully saturated rings. The molecule has 15 heavy (non-hydrogen) atoms. The third-order valence-electron chi connectivity index (χ3n) is 2.94. The molecular formula is C12H28BrPPd. The minimum atomic E-state index is -1.000. The molecule has 0 nitrogen and oxygen atoms in total. The van der Waals surface area contributed by atoms with E-state index in [1.165, 1.54) is 57.0 Å². The molecule has 0 aromatic carbocycles. The van der Waals surface area contributed by atoms with Crippen molar-refractivity contribution in [2.24, 2.45) is 0 Å². The Labute approximate surface area is 119 Å². The van der Waals surface area contributed by atoms with E-state index in [9.17, 15) is 0 Å². The van der Waals surface area contributed by atoms with Crippen LogP contribution in [0, 0.1) is 0 Å². The Hall–Kier alpha value is 1.57. The van der Waals surface area contributed by atoms with Gasteiger partial charge >= 0.3 is 99.2 Å². The molecule has 3 heteroatoms. The SMILES string of the molecule is CCCC[PH](Br)(CCCC)CCCC.[Pd]. The van der Waals surface area contributed by atoms with Crippen LogP contribution in [0.2, 0.25) is 0 Å². The van der Waals surface area contributed by atoms with Gasteiger partial charge in [-0.2, -0.15) is 0 Å². The molecule has 0 aliphatic heterocycles. The second-order valence-corrected chi connectivity index (χ2v) is 13.3. The normalized spacial score (nSPS) is 12.3. The zero-order chi connectivity index (χ0) is 10.9. The molecule has 0 aliphatic carbocycles. The summed E-state index contributed by atoms with van der Waals surface area (Å²) >= 11 is 4.13. The van der Waals surface area contributed by atoms with Gasteiger partial charge in [0.2, 0.25) is 0 Å². The van der Waals surface area contributed by atoms with E-state index in [2.05, 4.69) is 36.3 Å². The molecule has 0 heterocycles. The predicted molar refractivity (Wildman–Crippen MR) is 76.6 cm³/mol. The van der Waals surface area contributed by atoms with Crippen molar-refractivity contribution >= 4 is 21.5 Å². The fourth-order valence-electron chi connectivity index (χ4n) is 1.86. The molecule has 0 bridgehead atoms. The van der Waals surface area contributed by atoms with Gasteiger partial charge in [-0.3, -0.25) is 0 Å². The molecule has 0 rings (SSSR count). The summed E-state index contributed by atoms with van der Waals surface area (Å²) < 4.78 is 0. The van der Waals surface area contributed by atoms with Crippen molar-refractivity contribution in [1.29, 1.82) is 0 Å². The summed E-state index contributed by atoms with van der Waals surface area (Å²) in [5, 5.41) is 0. The summed E-state index contributed by atoms with van der Waals surface area (Å²) in [5.74, 6) is -1.000. The maximum Gasteiger partial charge on any atom is 0 e. The van der Waals surface area contributed by atoms with E-state index in [1.807, 2.05) is 0 Å². The monoisotopic (exact) mass is 388 g/mol. The third kappa shape index (κ3) is 10.4. The standard InChI is InChI=1S/C12H28BrP.Pd/c1-4-7-10-14(13,11-8-5-2)12-9-6-3;/h14H,4-12H2,1-3H3;. The smallest absolute Gasteiger partial charge is 0 e. The van der Waals surface area contributed by atoms with Crippen LogP contribution in [0.3, 0.4) is 0 Å². The van der Waals surface area contributed by atoms with Gasteiger partial charge in [-0.15, -0.1) is 0 Å². The van der Waals surface area contributed by atoms with Crippen LogP contribution in [0.15, 0.2) is 0 Å². The van der Waals surface area contributed by atoms with Crippen LogP contribution in [0.25, 0.3) is 0 Å². The molecular weight excluding hydrogens is 361 g/mol. The summed E-state index contributed by atoms with van der Waals surface area (Å²) in [6, 6.07) is 0. The topological polar surface area (TPSA) is 0 Å². The second kappa shape index (κ2) is 12.0. The summed E-state index contributed by atoms with van der Waals surface area (Å²) in [5.41, 5.74) is 0. The van der Waals surface area contributed by atoms with Crippen LogP contribution in [0.4, 0.5) is 0 Å². The summed E-state index contributed by atoms with van der Waals surface area (Å²) in [6.07, 6.45) is 12.9. The van der Waals surface area contributed by atoms with E-state index in [-0.39, 0.29) is 20.4 Å². The Bertz CT molecular complexity index is 109. The number of unbranched alkanes of at least 4 members (excludes halogenated alkanes) is 3. The molecule has 0 aromatic rings. The van der Waals surface area contributed by atoms with Crippen molar-refractivity contribution in [1.82, 2.24) is 0 Å². The maximum absolute atomic E-state index is 4.13. The average molecular weight is 390 g/mol. The molecule has 0 radical (unpaired) electrons. The van der Waals surface area contributed by atoms with Crippen molar-refractivity contribution in [2.45, 2.75) is 59.3 Å². The Morgan fingerprint density at radius 2 is 1.00 bits per heavy atom. The first-order valence-electron chi connectivity index (χ1n) is 6.37. The fraction of sp³-hybridized carbons (Fsp3) is 1.00. The number of hydrogen-bond acceptors (Lipinski definition) is 0. The van der Waals surface area contributed by atoms with Crippen molar-refractivity contribution in [3.63, 3.8) is 0 Å². The predicted octanol–water partition coefficient (Wildman–Crippen LogP) is 5.44. The first kappa shape index (κ1) is 18.9. The largest absolute Gasteiger partial charge is 0 e. The fourth-order valence-corrected chi connectivity index (χ4v) is 8.09. The van der Waals surface area contributed by atoms with Gasteiger partial charge in [-0.1, -0.05) is 0 Å². The van der Waals surface area contributed by atoms with Gasteiger partial charge in [-0.25, -0.2) is 0 Å². The van der Waals surface area contributed by atoms with Crippen molar-refractivity contribution in [3.05, 3.63) is 0 Å².